The van der Waals surface area contributed by atoms with Crippen molar-refractivity contribution in [3.8, 4) is 11.5 Å². The van der Waals surface area contributed by atoms with E-state index in [4.69, 9.17) is 21.1 Å². The molecule has 0 spiro atoms. The molecule has 1 aromatic rings. The number of carbonyl (C=O) groups excluding carboxylic acids is 1. The van der Waals surface area contributed by atoms with Crippen LogP contribution >= 0.6 is 11.6 Å². The van der Waals surface area contributed by atoms with Gasteiger partial charge in [-0.25, -0.2) is 0 Å². The number of amides is 1. The minimum Gasteiger partial charge on any atom is -0.490 e. The number of anilines is 1. The molecule has 0 bridgehead atoms. The van der Waals surface area contributed by atoms with Gasteiger partial charge in [-0.3, -0.25) is 4.79 Å². The molecule has 1 aromatic carbocycles. The van der Waals surface area contributed by atoms with Crippen LogP contribution in [0.15, 0.2) is 18.2 Å². The largest absolute Gasteiger partial charge is 0.490 e. The third-order valence-electron chi connectivity index (χ3n) is 3.47. The van der Waals surface area contributed by atoms with Gasteiger partial charge in [0.2, 0.25) is 5.91 Å². The first-order valence-corrected chi connectivity index (χ1v) is 7.07. The summed E-state index contributed by atoms with van der Waals surface area (Å²) in [5.41, 5.74) is 0.863. The number of rotatable bonds is 2. The van der Waals surface area contributed by atoms with Crippen LogP contribution in [0.25, 0.3) is 0 Å². The minimum absolute atomic E-state index is 0.125. The molecule has 1 saturated heterocycles. The second kappa shape index (κ2) is 5.29. The number of halogens is 1. The molecule has 4 nitrogen and oxygen atoms in total. The van der Waals surface area contributed by atoms with Gasteiger partial charge in [-0.15, -0.1) is 11.6 Å². The van der Waals surface area contributed by atoms with Gasteiger partial charge >= 0.3 is 0 Å². The maximum Gasteiger partial charge on any atom is 0.227 e. The highest BCUT2D eigenvalue weighted by Crippen LogP contribution is 2.35. The third kappa shape index (κ3) is 2.50. The summed E-state index contributed by atoms with van der Waals surface area (Å²) in [4.78, 5) is 13.8. The van der Waals surface area contributed by atoms with Gasteiger partial charge in [0.25, 0.3) is 0 Å². The smallest absolute Gasteiger partial charge is 0.227 e. The van der Waals surface area contributed by atoms with Crippen LogP contribution < -0.4 is 14.4 Å². The lowest BCUT2D eigenvalue weighted by atomic mass is 10.1. The maximum absolute atomic E-state index is 12.0. The highest BCUT2D eigenvalue weighted by Gasteiger charge is 2.30. The molecule has 2 aliphatic rings. The van der Waals surface area contributed by atoms with E-state index in [1.54, 1.807) is 4.90 Å². The van der Waals surface area contributed by atoms with Gasteiger partial charge in [-0.1, -0.05) is 0 Å². The monoisotopic (exact) mass is 281 g/mol. The number of carbonyl (C=O) groups is 1. The number of hydrogen-bond donors (Lipinski definition) is 0. The van der Waals surface area contributed by atoms with Gasteiger partial charge in [-0.2, -0.15) is 0 Å². The lowest BCUT2D eigenvalue weighted by Crippen LogP contribution is -2.24. The summed E-state index contributed by atoms with van der Waals surface area (Å²) in [6, 6.07) is 5.66. The Kier molecular flexibility index (Phi) is 3.51. The van der Waals surface area contributed by atoms with Crippen molar-refractivity contribution in [3.05, 3.63) is 18.2 Å². The number of ether oxygens (including phenoxy) is 2. The molecule has 2 heterocycles. The SMILES string of the molecule is O=C1CC(CCl)CN1c1ccc2c(c1)OCCCO2. The maximum atomic E-state index is 12.0. The number of hydrogen-bond acceptors (Lipinski definition) is 3. The molecule has 3 rings (SSSR count). The zero-order valence-electron chi connectivity index (χ0n) is 10.6. The molecule has 0 aromatic heterocycles. The summed E-state index contributed by atoms with van der Waals surface area (Å²) in [5, 5.41) is 0. The van der Waals surface area contributed by atoms with Crippen LogP contribution in [-0.2, 0) is 4.79 Å². The predicted molar refractivity (Wildman–Crippen MR) is 73.2 cm³/mol. The van der Waals surface area contributed by atoms with Crippen molar-refractivity contribution in [2.45, 2.75) is 12.8 Å². The summed E-state index contributed by atoms with van der Waals surface area (Å²) in [5.74, 6) is 2.36. The van der Waals surface area contributed by atoms with Crippen LogP contribution in [0.5, 0.6) is 11.5 Å². The Balaban J connectivity index is 1.86. The molecule has 0 radical (unpaired) electrons. The van der Waals surface area contributed by atoms with Crippen molar-refractivity contribution >= 4 is 23.2 Å². The molecular weight excluding hydrogens is 266 g/mol. The lowest BCUT2D eigenvalue weighted by Gasteiger charge is -2.18. The summed E-state index contributed by atoms with van der Waals surface area (Å²) >= 11 is 5.84. The van der Waals surface area contributed by atoms with E-state index in [0.717, 1.165) is 23.6 Å². The van der Waals surface area contributed by atoms with Gasteiger partial charge in [0.1, 0.15) is 0 Å². The van der Waals surface area contributed by atoms with E-state index in [-0.39, 0.29) is 11.8 Å². The molecule has 19 heavy (non-hydrogen) atoms. The quantitative estimate of drug-likeness (QED) is 0.782. The van der Waals surface area contributed by atoms with Crippen molar-refractivity contribution in [2.24, 2.45) is 5.92 Å². The van der Waals surface area contributed by atoms with Gasteiger partial charge in [0, 0.05) is 37.0 Å². The molecule has 102 valence electrons. The average Bonchev–Trinajstić information content (AvgIpc) is 2.66. The van der Waals surface area contributed by atoms with E-state index in [1.165, 1.54) is 0 Å². The van der Waals surface area contributed by atoms with Crippen LogP contribution in [0, 0.1) is 5.92 Å². The van der Waals surface area contributed by atoms with Crippen LogP contribution in [-0.4, -0.2) is 31.5 Å². The Hall–Kier alpha value is -1.42. The Morgan fingerprint density at radius 1 is 1.26 bits per heavy atom. The topological polar surface area (TPSA) is 38.8 Å². The van der Waals surface area contributed by atoms with Crippen molar-refractivity contribution < 1.29 is 14.3 Å². The molecule has 0 aliphatic carbocycles. The van der Waals surface area contributed by atoms with E-state index >= 15 is 0 Å². The molecular formula is C14H16ClNO3. The van der Waals surface area contributed by atoms with Crippen LogP contribution in [0.3, 0.4) is 0 Å². The molecule has 2 aliphatic heterocycles. The number of benzene rings is 1. The fourth-order valence-electron chi connectivity index (χ4n) is 2.45. The molecule has 1 fully saturated rings. The van der Waals surface area contributed by atoms with Crippen LogP contribution in [0.1, 0.15) is 12.8 Å². The Labute approximate surface area is 117 Å². The highest BCUT2D eigenvalue weighted by atomic mass is 35.5. The molecule has 0 saturated carbocycles. The first-order chi connectivity index (χ1) is 9.28. The zero-order valence-corrected chi connectivity index (χ0v) is 11.4. The zero-order chi connectivity index (χ0) is 13.2. The number of nitrogens with zero attached hydrogens (tertiary/aromatic N) is 1. The molecule has 5 heteroatoms. The van der Waals surface area contributed by atoms with Crippen molar-refractivity contribution in [3.63, 3.8) is 0 Å². The Morgan fingerprint density at radius 2 is 2.05 bits per heavy atom. The van der Waals surface area contributed by atoms with Crippen molar-refractivity contribution in [1.29, 1.82) is 0 Å². The number of fused-ring (bicyclic) bond motifs is 1. The second-order valence-corrected chi connectivity index (χ2v) is 5.22. The van der Waals surface area contributed by atoms with E-state index in [1.807, 2.05) is 18.2 Å². The fraction of sp³-hybridized carbons (Fsp3) is 0.500. The number of alkyl halides is 1. The second-order valence-electron chi connectivity index (χ2n) is 4.91. The Bertz CT molecular complexity index is 492. The molecule has 0 N–H and O–H groups in total. The van der Waals surface area contributed by atoms with Gasteiger partial charge < -0.3 is 14.4 Å². The van der Waals surface area contributed by atoms with Crippen molar-refractivity contribution in [2.75, 3.05) is 30.5 Å². The lowest BCUT2D eigenvalue weighted by molar-refractivity contribution is -0.117. The average molecular weight is 282 g/mol. The van der Waals surface area contributed by atoms with E-state index in [9.17, 15) is 4.79 Å². The fourth-order valence-corrected chi connectivity index (χ4v) is 2.66. The van der Waals surface area contributed by atoms with Crippen molar-refractivity contribution in [1.82, 2.24) is 0 Å². The summed E-state index contributed by atoms with van der Waals surface area (Å²) in [6.45, 7) is 2.00. The minimum atomic E-state index is 0.125. The Morgan fingerprint density at radius 3 is 2.79 bits per heavy atom. The van der Waals surface area contributed by atoms with E-state index < -0.39 is 0 Å². The van der Waals surface area contributed by atoms with E-state index in [2.05, 4.69) is 0 Å². The first-order valence-electron chi connectivity index (χ1n) is 6.54. The van der Waals surface area contributed by atoms with Crippen LogP contribution in [0.2, 0.25) is 0 Å². The standard InChI is InChI=1S/C14H16ClNO3/c15-8-10-6-14(17)16(9-10)11-2-3-12-13(7-11)19-5-1-4-18-12/h2-3,7,10H,1,4-6,8-9H2. The van der Waals surface area contributed by atoms with Gasteiger partial charge in [-0.05, 0) is 18.1 Å². The normalized spacial score (nSPS) is 22.5. The third-order valence-corrected chi connectivity index (χ3v) is 3.90. The molecule has 1 amide bonds. The summed E-state index contributed by atoms with van der Waals surface area (Å²) in [6.07, 6.45) is 1.40. The summed E-state index contributed by atoms with van der Waals surface area (Å²) < 4.78 is 11.2. The first kappa shape index (κ1) is 12.6. The van der Waals surface area contributed by atoms with E-state index in [0.29, 0.717) is 32.1 Å². The van der Waals surface area contributed by atoms with Gasteiger partial charge in [0.15, 0.2) is 11.5 Å². The summed E-state index contributed by atoms with van der Waals surface area (Å²) in [7, 11) is 0. The predicted octanol–water partition coefficient (Wildman–Crippen LogP) is 2.44. The molecule has 1 atom stereocenters. The van der Waals surface area contributed by atoms with Crippen LogP contribution in [0.4, 0.5) is 5.69 Å². The molecule has 1 unspecified atom stereocenters. The highest BCUT2D eigenvalue weighted by molar-refractivity contribution is 6.18. The van der Waals surface area contributed by atoms with Gasteiger partial charge in [0.05, 0.1) is 13.2 Å².